The molecule has 0 N–H and O–H groups in total. The largest absolute Gasteiger partial charge is 0.497 e. The molecular weight excluding hydrogens is 360 g/mol. The van der Waals surface area contributed by atoms with E-state index < -0.39 is 10.0 Å². The maximum Gasteiger partial charge on any atom is 0.246 e. The molecule has 0 unspecified atom stereocenters. The monoisotopic (exact) mass is 382 g/mol. The fourth-order valence-corrected chi connectivity index (χ4v) is 4.41. The summed E-state index contributed by atoms with van der Waals surface area (Å²) in [5, 5.41) is 7.78. The van der Waals surface area contributed by atoms with E-state index in [9.17, 15) is 8.42 Å². The van der Waals surface area contributed by atoms with Crippen molar-refractivity contribution < 1.29 is 22.3 Å². The molecule has 0 saturated carbocycles. The maximum absolute atomic E-state index is 13.0. The van der Waals surface area contributed by atoms with Gasteiger partial charge in [-0.2, -0.15) is 4.31 Å². The van der Waals surface area contributed by atoms with Gasteiger partial charge in [-0.25, -0.2) is 8.42 Å². The zero-order valence-electron chi connectivity index (χ0n) is 15.0. The molecule has 1 saturated heterocycles. The van der Waals surface area contributed by atoms with Crippen molar-refractivity contribution in [1.29, 1.82) is 0 Å². The Balaban J connectivity index is 1.70. The molecule has 1 aromatic carbocycles. The molecule has 1 fully saturated rings. The number of aryl methyl sites for hydroxylation is 1. The summed E-state index contributed by atoms with van der Waals surface area (Å²) in [6.45, 7) is 4.18. The summed E-state index contributed by atoms with van der Waals surface area (Å²) in [5.74, 6) is 1.87. The molecule has 26 heavy (non-hydrogen) atoms. The van der Waals surface area contributed by atoms with Gasteiger partial charge in [0.1, 0.15) is 16.4 Å². The first-order valence-corrected chi connectivity index (χ1v) is 9.61. The van der Waals surface area contributed by atoms with Crippen molar-refractivity contribution in [3.63, 3.8) is 0 Å². The Morgan fingerprint density at radius 3 is 2.42 bits per heavy atom. The Labute approximate surface area is 152 Å². The molecule has 1 aliphatic rings. The minimum absolute atomic E-state index is 0.141. The summed E-state index contributed by atoms with van der Waals surface area (Å²) in [6.07, 6.45) is 0. The van der Waals surface area contributed by atoms with Crippen LogP contribution in [-0.4, -0.2) is 68.2 Å². The molecule has 0 spiro atoms. The van der Waals surface area contributed by atoms with Gasteiger partial charge in [0, 0.05) is 39.2 Å². The Morgan fingerprint density at radius 1 is 1.12 bits per heavy atom. The number of rotatable bonds is 6. The lowest BCUT2D eigenvalue weighted by Gasteiger charge is -2.33. The average molecular weight is 382 g/mol. The number of aromatic nitrogens is 2. The van der Waals surface area contributed by atoms with Crippen LogP contribution in [0.25, 0.3) is 0 Å². The fourth-order valence-electron chi connectivity index (χ4n) is 2.85. The van der Waals surface area contributed by atoms with Gasteiger partial charge in [-0.3, -0.25) is 4.90 Å². The van der Waals surface area contributed by atoms with Crippen molar-refractivity contribution in [2.24, 2.45) is 0 Å². The van der Waals surface area contributed by atoms with Crippen LogP contribution in [0.5, 0.6) is 11.5 Å². The molecule has 0 amide bonds. The molecule has 9 nitrogen and oxygen atoms in total. The molecule has 0 bridgehead atoms. The molecule has 1 aromatic heterocycles. The van der Waals surface area contributed by atoms with E-state index in [1.165, 1.54) is 24.6 Å². The van der Waals surface area contributed by atoms with Crippen LogP contribution in [0.3, 0.4) is 0 Å². The van der Waals surface area contributed by atoms with Crippen molar-refractivity contribution in [3.05, 3.63) is 30.0 Å². The Hall–Kier alpha value is -2.17. The molecular formula is C16H22N4O5S. The van der Waals surface area contributed by atoms with Gasteiger partial charge in [-0.05, 0) is 12.1 Å². The highest BCUT2D eigenvalue weighted by atomic mass is 32.2. The fraction of sp³-hybridized carbons (Fsp3) is 0.500. The van der Waals surface area contributed by atoms with Crippen LogP contribution in [0, 0.1) is 6.92 Å². The molecule has 2 heterocycles. The number of hydrogen-bond acceptors (Lipinski definition) is 8. The van der Waals surface area contributed by atoms with Gasteiger partial charge in [-0.15, -0.1) is 10.2 Å². The lowest BCUT2D eigenvalue weighted by Crippen LogP contribution is -2.48. The Kier molecular flexibility index (Phi) is 5.44. The topological polar surface area (TPSA) is 98.0 Å². The van der Waals surface area contributed by atoms with Crippen LogP contribution < -0.4 is 9.47 Å². The highest BCUT2D eigenvalue weighted by Crippen LogP contribution is 2.31. The molecule has 142 valence electrons. The van der Waals surface area contributed by atoms with Gasteiger partial charge in [-0.1, -0.05) is 0 Å². The summed E-state index contributed by atoms with van der Waals surface area (Å²) in [4.78, 5) is 2.23. The second kappa shape index (κ2) is 7.60. The first-order valence-electron chi connectivity index (χ1n) is 8.17. The number of hydrogen-bond donors (Lipinski definition) is 0. The normalized spacial score (nSPS) is 16.6. The van der Waals surface area contributed by atoms with Crippen LogP contribution in [-0.2, 0) is 16.6 Å². The lowest BCUT2D eigenvalue weighted by molar-refractivity contribution is 0.167. The molecule has 3 rings (SSSR count). The second-order valence-corrected chi connectivity index (χ2v) is 7.82. The van der Waals surface area contributed by atoms with Crippen molar-refractivity contribution in [3.8, 4) is 11.5 Å². The molecule has 0 radical (unpaired) electrons. The molecule has 0 atom stereocenters. The maximum atomic E-state index is 13.0. The van der Waals surface area contributed by atoms with E-state index in [1.54, 1.807) is 19.1 Å². The summed E-state index contributed by atoms with van der Waals surface area (Å²) < 4.78 is 43.2. The quantitative estimate of drug-likeness (QED) is 0.727. The Bertz CT molecular complexity index is 859. The number of sulfonamides is 1. The van der Waals surface area contributed by atoms with Crippen molar-refractivity contribution >= 4 is 10.0 Å². The minimum Gasteiger partial charge on any atom is -0.497 e. The lowest BCUT2D eigenvalue weighted by atomic mass is 10.3. The average Bonchev–Trinajstić information content (AvgIpc) is 3.06. The predicted octanol–water partition coefficient (Wildman–Crippen LogP) is 0.902. The van der Waals surface area contributed by atoms with Gasteiger partial charge in [0.25, 0.3) is 0 Å². The van der Waals surface area contributed by atoms with Crippen molar-refractivity contribution in [1.82, 2.24) is 19.4 Å². The van der Waals surface area contributed by atoms with E-state index >= 15 is 0 Å². The van der Waals surface area contributed by atoms with Crippen molar-refractivity contribution in [2.45, 2.75) is 18.4 Å². The number of piperazine rings is 1. The number of nitrogens with zero attached hydrogens (tertiary/aromatic N) is 4. The Morgan fingerprint density at radius 2 is 1.85 bits per heavy atom. The number of benzene rings is 1. The summed E-state index contributed by atoms with van der Waals surface area (Å²) >= 11 is 0. The first-order chi connectivity index (χ1) is 12.4. The zero-order chi connectivity index (χ0) is 18.7. The van der Waals surface area contributed by atoms with Gasteiger partial charge < -0.3 is 13.9 Å². The minimum atomic E-state index is -3.65. The van der Waals surface area contributed by atoms with E-state index in [2.05, 4.69) is 15.1 Å². The van der Waals surface area contributed by atoms with Crippen LogP contribution in [0.2, 0.25) is 0 Å². The zero-order valence-corrected chi connectivity index (χ0v) is 15.8. The van der Waals surface area contributed by atoms with E-state index in [-0.39, 0.29) is 10.6 Å². The first kappa shape index (κ1) is 18.6. The third-order valence-electron chi connectivity index (χ3n) is 4.25. The van der Waals surface area contributed by atoms with Crippen LogP contribution in [0.4, 0.5) is 0 Å². The summed E-state index contributed by atoms with van der Waals surface area (Å²) in [5.41, 5.74) is 0. The smallest absolute Gasteiger partial charge is 0.246 e. The predicted molar refractivity (Wildman–Crippen MR) is 92.6 cm³/mol. The van der Waals surface area contributed by atoms with Gasteiger partial charge in [0.15, 0.2) is 0 Å². The van der Waals surface area contributed by atoms with Gasteiger partial charge >= 0.3 is 0 Å². The van der Waals surface area contributed by atoms with Crippen molar-refractivity contribution in [2.75, 3.05) is 40.4 Å². The highest BCUT2D eigenvalue weighted by Gasteiger charge is 2.31. The van der Waals surface area contributed by atoms with Crippen LogP contribution in [0.15, 0.2) is 27.5 Å². The van der Waals surface area contributed by atoms with E-state index in [0.29, 0.717) is 50.3 Å². The molecule has 10 heteroatoms. The summed E-state index contributed by atoms with van der Waals surface area (Å²) in [7, 11) is -0.684. The number of methoxy groups -OCH3 is 2. The summed E-state index contributed by atoms with van der Waals surface area (Å²) in [6, 6.07) is 4.70. The molecule has 2 aromatic rings. The third kappa shape index (κ3) is 3.81. The van der Waals surface area contributed by atoms with E-state index in [4.69, 9.17) is 13.9 Å². The standard InChI is InChI=1S/C16H22N4O5S/c1-12-17-18-16(25-12)11-19-6-8-20(9-7-19)26(21,22)15-5-4-13(23-2)10-14(15)24-3/h4-5,10H,6-9,11H2,1-3H3. The molecule has 1 aliphatic heterocycles. The van der Waals surface area contributed by atoms with Gasteiger partial charge in [0.2, 0.25) is 21.8 Å². The third-order valence-corrected chi connectivity index (χ3v) is 6.18. The number of ether oxygens (including phenoxy) is 2. The van der Waals surface area contributed by atoms with Gasteiger partial charge in [0.05, 0.1) is 20.8 Å². The van der Waals surface area contributed by atoms with Crippen LogP contribution >= 0.6 is 0 Å². The second-order valence-electron chi connectivity index (χ2n) is 5.91. The van der Waals surface area contributed by atoms with E-state index in [1.807, 2.05) is 0 Å². The highest BCUT2D eigenvalue weighted by molar-refractivity contribution is 7.89. The molecule has 0 aliphatic carbocycles. The SMILES string of the molecule is COc1ccc(S(=O)(=O)N2CCN(Cc3nnc(C)o3)CC2)c(OC)c1. The van der Waals surface area contributed by atoms with Crippen LogP contribution in [0.1, 0.15) is 11.8 Å². The van der Waals surface area contributed by atoms with E-state index in [0.717, 1.165) is 0 Å².